The number of likely N-dealkylation sites (tertiary alicyclic amines) is 1. The largest absolute Gasteiger partial charge is 0.481 e. The van der Waals surface area contributed by atoms with E-state index in [1.54, 1.807) is 27.6 Å². The van der Waals surface area contributed by atoms with Gasteiger partial charge in [-0.05, 0) is 38.0 Å². The van der Waals surface area contributed by atoms with E-state index in [2.05, 4.69) is 20.4 Å². The number of thioether (sulfide) groups is 1. The first kappa shape index (κ1) is 24.1. The molecule has 3 fully saturated rings. The van der Waals surface area contributed by atoms with Crippen molar-refractivity contribution in [3.63, 3.8) is 0 Å². The molecule has 7 nitrogen and oxygen atoms in total. The van der Waals surface area contributed by atoms with Crippen LogP contribution < -0.4 is 0 Å². The number of unbranched alkanes of at least 4 members (excludes halogenated alkanes) is 3. The van der Waals surface area contributed by atoms with Gasteiger partial charge in [0.05, 0.1) is 16.6 Å². The van der Waals surface area contributed by atoms with Crippen molar-refractivity contribution in [3.05, 3.63) is 12.7 Å². The smallest absolute Gasteiger partial charge is 0.308 e. The molecular formula is C23H36N2O5S. The molecule has 1 spiro atoms. The van der Waals surface area contributed by atoms with Crippen LogP contribution >= 0.6 is 11.8 Å². The fourth-order valence-corrected chi connectivity index (χ4v) is 8.27. The van der Waals surface area contributed by atoms with Crippen molar-refractivity contribution < 1.29 is 24.6 Å². The van der Waals surface area contributed by atoms with Gasteiger partial charge < -0.3 is 20.0 Å². The van der Waals surface area contributed by atoms with Gasteiger partial charge >= 0.3 is 5.97 Å². The molecule has 2 amide bonds. The standard InChI is InChI=1S/C23H36N2O5S/c1-4-6-11-24(10-5-2)21(28)19-23-15(3)14-16(31-23)17(22(29)30)18(23)20(27)25(19)12-8-7-9-13-26/h5,15-19,26H,2,4,6-14H2,1,3H3,(H,29,30)/t15?,16-,17+,18+,19?,23?/m1/s1. The molecule has 8 heteroatoms. The lowest BCUT2D eigenvalue weighted by atomic mass is 9.66. The molecule has 3 rings (SSSR count). The third-order valence-corrected chi connectivity index (χ3v) is 9.34. The summed E-state index contributed by atoms with van der Waals surface area (Å²) >= 11 is 1.58. The van der Waals surface area contributed by atoms with Crippen LogP contribution in [0.2, 0.25) is 0 Å². The highest BCUT2D eigenvalue weighted by Gasteiger charge is 2.76. The first-order valence-corrected chi connectivity index (χ1v) is 12.4. The highest BCUT2D eigenvalue weighted by atomic mass is 32.2. The molecule has 3 heterocycles. The summed E-state index contributed by atoms with van der Waals surface area (Å²) in [5.41, 5.74) is 0. The van der Waals surface area contributed by atoms with Gasteiger partial charge in [-0.2, -0.15) is 0 Å². The minimum absolute atomic E-state index is 0.0719. The normalized spacial score (nSPS) is 33.6. The van der Waals surface area contributed by atoms with Crippen molar-refractivity contribution in [2.45, 2.75) is 68.4 Å². The van der Waals surface area contributed by atoms with Crippen LogP contribution in [-0.4, -0.2) is 80.1 Å². The van der Waals surface area contributed by atoms with Crippen LogP contribution in [0, 0.1) is 17.8 Å². The first-order chi connectivity index (χ1) is 14.8. The molecule has 174 valence electrons. The SMILES string of the molecule is C=CCN(CCCC)C(=O)C1N(CCCCCO)C(=O)[C@@H]2[C@@H](C(=O)O)[C@H]3CC(C)C12S3. The van der Waals surface area contributed by atoms with Gasteiger partial charge in [0.2, 0.25) is 11.8 Å². The zero-order valence-electron chi connectivity index (χ0n) is 18.7. The maximum absolute atomic E-state index is 13.9. The highest BCUT2D eigenvalue weighted by molar-refractivity contribution is 8.02. The second-order valence-corrected chi connectivity index (χ2v) is 10.7. The molecule has 6 atom stereocenters. The van der Waals surface area contributed by atoms with E-state index in [0.717, 1.165) is 25.7 Å². The van der Waals surface area contributed by atoms with Crippen LogP contribution in [0.4, 0.5) is 0 Å². The lowest BCUT2D eigenvalue weighted by molar-refractivity contribution is -0.149. The van der Waals surface area contributed by atoms with Crippen molar-refractivity contribution in [2.75, 3.05) is 26.2 Å². The van der Waals surface area contributed by atoms with E-state index in [-0.39, 0.29) is 29.6 Å². The number of carbonyl (C=O) groups is 3. The number of amides is 2. The van der Waals surface area contributed by atoms with Crippen molar-refractivity contribution >= 4 is 29.5 Å². The molecule has 0 aromatic rings. The highest BCUT2D eigenvalue weighted by Crippen LogP contribution is 2.68. The predicted octanol–water partition coefficient (Wildman–Crippen LogP) is 2.39. The van der Waals surface area contributed by atoms with Gasteiger partial charge in [0.15, 0.2) is 0 Å². The van der Waals surface area contributed by atoms with Gasteiger partial charge in [0.25, 0.3) is 0 Å². The average Bonchev–Trinajstić information content (AvgIpc) is 3.32. The molecule has 2 N–H and O–H groups in total. The summed E-state index contributed by atoms with van der Waals surface area (Å²) in [4.78, 5) is 43.1. The van der Waals surface area contributed by atoms with Crippen molar-refractivity contribution in [1.29, 1.82) is 0 Å². The summed E-state index contributed by atoms with van der Waals surface area (Å²) in [7, 11) is 0. The molecule has 3 aliphatic rings. The van der Waals surface area contributed by atoms with Crippen LogP contribution in [-0.2, 0) is 14.4 Å². The fraction of sp³-hybridized carbons (Fsp3) is 0.783. The van der Waals surface area contributed by atoms with Crippen LogP contribution in [0.25, 0.3) is 0 Å². The monoisotopic (exact) mass is 452 g/mol. The lowest BCUT2D eigenvalue weighted by Crippen LogP contribution is -2.57. The first-order valence-electron chi connectivity index (χ1n) is 11.6. The van der Waals surface area contributed by atoms with E-state index in [1.807, 2.05) is 0 Å². The summed E-state index contributed by atoms with van der Waals surface area (Å²) in [6, 6.07) is -0.634. The van der Waals surface area contributed by atoms with Crippen molar-refractivity contribution in [1.82, 2.24) is 9.80 Å². The number of rotatable bonds is 12. The van der Waals surface area contributed by atoms with Gasteiger partial charge in [-0.1, -0.05) is 26.3 Å². The molecule has 2 bridgehead atoms. The van der Waals surface area contributed by atoms with Crippen LogP contribution in [0.3, 0.4) is 0 Å². The Hall–Kier alpha value is -1.54. The Balaban J connectivity index is 1.98. The number of aliphatic hydroxyl groups excluding tert-OH is 1. The Bertz CT molecular complexity index is 716. The molecule has 0 aromatic heterocycles. The molecule has 3 saturated heterocycles. The molecule has 0 saturated carbocycles. The van der Waals surface area contributed by atoms with Crippen LogP contribution in [0.5, 0.6) is 0 Å². The molecular weight excluding hydrogens is 416 g/mol. The molecule has 0 aliphatic carbocycles. The maximum atomic E-state index is 13.9. The number of nitrogens with zero attached hydrogens (tertiary/aromatic N) is 2. The van der Waals surface area contributed by atoms with Gasteiger partial charge in [-0.3, -0.25) is 14.4 Å². The minimum Gasteiger partial charge on any atom is -0.481 e. The number of aliphatic hydroxyl groups is 1. The second-order valence-electron chi connectivity index (χ2n) is 9.13. The number of carbonyl (C=O) groups excluding carboxylic acids is 2. The zero-order valence-corrected chi connectivity index (χ0v) is 19.5. The van der Waals surface area contributed by atoms with E-state index in [0.29, 0.717) is 32.5 Å². The fourth-order valence-electron chi connectivity index (χ4n) is 5.86. The Morgan fingerprint density at radius 1 is 1.32 bits per heavy atom. The van der Waals surface area contributed by atoms with Gasteiger partial charge in [-0.25, -0.2) is 0 Å². The summed E-state index contributed by atoms with van der Waals surface area (Å²) in [6.07, 6.45) is 6.37. The third-order valence-electron chi connectivity index (χ3n) is 7.26. The number of hydrogen-bond donors (Lipinski definition) is 2. The summed E-state index contributed by atoms with van der Waals surface area (Å²) < 4.78 is -0.676. The van der Waals surface area contributed by atoms with Crippen LogP contribution in [0.1, 0.15) is 52.4 Å². The number of hydrogen-bond acceptors (Lipinski definition) is 5. The Morgan fingerprint density at radius 2 is 2.06 bits per heavy atom. The Kier molecular flexibility index (Phi) is 7.73. The second kappa shape index (κ2) is 9.94. The topological polar surface area (TPSA) is 98.2 Å². The summed E-state index contributed by atoms with van der Waals surface area (Å²) in [5.74, 6) is -2.45. The third kappa shape index (κ3) is 4.01. The van der Waals surface area contributed by atoms with Crippen molar-refractivity contribution in [2.24, 2.45) is 17.8 Å². The average molecular weight is 453 g/mol. The van der Waals surface area contributed by atoms with Crippen LogP contribution in [0.15, 0.2) is 12.7 Å². The van der Waals surface area contributed by atoms with Gasteiger partial charge in [0.1, 0.15) is 6.04 Å². The molecule has 31 heavy (non-hydrogen) atoms. The molecule has 0 radical (unpaired) electrons. The lowest BCUT2D eigenvalue weighted by Gasteiger charge is -2.40. The number of fused-ring (bicyclic) bond motifs is 1. The summed E-state index contributed by atoms with van der Waals surface area (Å²) in [5, 5.41) is 18.9. The quantitative estimate of drug-likeness (QED) is 0.349. The summed E-state index contributed by atoms with van der Waals surface area (Å²) in [6.45, 7) is 9.51. The number of carboxylic acids is 1. The minimum atomic E-state index is -0.924. The maximum Gasteiger partial charge on any atom is 0.308 e. The van der Waals surface area contributed by atoms with Gasteiger partial charge in [-0.15, -0.1) is 18.3 Å². The zero-order chi connectivity index (χ0) is 22.8. The van der Waals surface area contributed by atoms with E-state index in [1.165, 1.54) is 0 Å². The van der Waals surface area contributed by atoms with Gasteiger partial charge in [0, 0.05) is 31.5 Å². The van der Waals surface area contributed by atoms with E-state index in [4.69, 9.17) is 5.11 Å². The Morgan fingerprint density at radius 3 is 2.68 bits per heavy atom. The van der Waals surface area contributed by atoms with E-state index in [9.17, 15) is 19.5 Å². The number of carboxylic acid groups (broad SMARTS) is 1. The number of aliphatic carboxylic acids is 1. The molecule has 3 unspecified atom stereocenters. The predicted molar refractivity (Wildman–Crippen MR) is 121 cm³/mol. The molecule has 3 aliphatic heterocycles. The Labute approximate surface area is 189 Å². The van der Waals surface area contributed by atoms with E-state index < -0.39 is 28.6 Å². The molecule has 0 aromatic carbocycles. The van der Waals surface area contributed by atoms with E-state index >= 15 is 0 Å². The van der Waals surface area contributed by atoms with Crippen molar-refractivity contribution in [3.8, 4) is 0 Å².